The first kappa shape index (κ1) is 60.6. The van der Waals surface area contributed by atoms with E-state index in [-0.39, 0.29) is 24.3 Å². The molecule has 0 aliphatic carbocycles. The number of rotatable bonds is 9. The molecule has 30 unspecified atom stereocenters. The quantitative estimate of drug-likeness (QED) is 0.0954. The van der Waals surface area contributed by atoms with E-state index >= 15 is 0 Å². The zero-order valence-corrected chi connectivity index (χ0v) is 42.4. The minimum Gasteiger partial charge on any atom is -0.394 e. The smallest absolute Gasteiger partial charge is 0.192 e. The highest BCUT2D eigenvalue weighted by molar-refractivity contribution is 7.99. The van der Waals surface area contributed by atoms with Crippen molar-refractivity contribution in [1.29, 1.82) is 0 Å². The largest absolute Gasteiger partial charge is 0.394 e. The van der Waals surface area contributed by atoms with Crippen LogP contribution in [0.5, 0.6) is 0 Å². The molecule has 30 atom stereocenters. The number of aliphatic hydroxyl groups is 15. The van der Waals surface area contributed by atoms with Crippen molar-refractivity contribution in [2.45, 2.75) is 217 Å². The van der Waals surface area contributed by atoms with Gasteiger partial charge >= 0.3 is 0 Å². The average Bonchev–Trinajstić information content (AvgIpc) is 3.56. The number of nitrogens with one attached hydrogen (secondary N) is 1. The summed E-state index contributed by atoms with van der Waals surface area (Å²) in [6.07, 6.45) is -49.1. The van der Waals surface area contributed by atoms with E-state index < -0.39 is 224 Å². The minimum atomic E-state index is -2.04. The first-order valence-corrected chi connectivity index (χ1v) is 27.0. The lowest BCUT2D eigenvalue weighted by Gasteiger charge is -2.49. The Labute approximate surface area is 437 Å². The van der Waals surface area contributed by atoms with Crippen LogP contribution in [0.25, 0.3) is 0 Å². The Balaban J connectivity index is 1.07. The fraction of sp³-hybridized carbons (Fsp3) is 1.00. The molecule has 12 heterocycles. The van der Waals surface area contributed by atoms with Gasteiger partial charge in [-0.2, -0.15) is 11.8 Å². The molecule has 12 aliphatic heterocycles. The van der Waals surface area contributed by atoms with Crippen LogP contribution < -0.4 is 4.72 Å². The van der Waals surface area contributed by atoms with Gasteiger partial charge in [-0.1, -0.05) is 18.9 Å². The number of ether oxygens (including phenoxy) is 14. The van der Waals surface area contributed by atoms with Crippen molar-refractivity contribution in [1.82, 2.24) is 4.72 Å². The zero-order chi connectivity index (χ0) is 54.0. The molecule has 12 saturated heterocycles. The summed E-state index contributed by atoms with van der Waals surface area (Å²) in [6.45, 7) is -1.15. The van der Waals surface area contributed by atoms with Crippen LogP contribution in [0.1, 0.15) is 32.6 Å². The highest BCUT2D eigenvalue weighted by atomic mass is 32.2. The third kappa shape index (κ3) is 13.6. The predicted octanol–water partition coefficient (Wildman–Crippen LogP) is -8.56. The normalized spacial score (nSPS) is 52.5. The van der Waals surface area contributed by atoms with Gasteiger partial charge < -0.3 is 143 Å². The van der Waals surface area contributed by atoms with Gasteiger partial charge in [-0.15, -0.1) is 0 Å². The van der Waals surface area contributed by atoms with Crippen LogP contribution in [-0.2, 0) is 66.3 Å². The van der Waals surface area contributed by atoms with Crippen molar-refractivity contribution in [3.63, 3.8) is 0 Å². The molecule has 14 bridgehead atoms. The third-order valence-electron chi connectivity index (χ3n) is 14.2. The van der Waals surface area contributed by atoms with Gasteiger partial charge in [0.2, 0.25) is 0 Å². The highest BCUT2D eigenvalue weighted by Gasteiger charge is 2.58. The van der Waals surface area contributed by atoms with Gasteiger partial charge in [0.1, 0.15) is 97.7 Å². The molecule has 436 valence electrons. The number of hydrogen-bond donors (Lipinski definition) is 16. The average molecular weight is 1130 g/mol. The van der Waals surface area contributed by atoms with Gasteiger partial charge in [0.05, 0.1) is 56.9 Å². The summed E-state index contributed by atoms with van der Waals surface area (Å²) in [4.78, 5) is 0. The highest BCUT2D eigenvalue weighted by Crippen LogP contribution is 2.41. The van der Waals surface area contributed by atoms with Gasteiger partial charge in [0.15, 0.2) is 56.1 Å². The number of aliphatic hydroxyl groups excluding tert-OH is 15. The molecule has 0 amide bonds. The van der Waals surface area contributed by atoms with E-state index in [1.54, 1.807) is 14.0 Å². The maximum absolute atomic E-state index is 11.6. The summed E-state index contributed by atoms with van der Waals surface area (Å²) in [5, 5.41) is 167. The Morgan fingerprint density at radius 1 is 0.453 bits per heavy atom. The number of thioether (sulfide) groups is 1. The first-order chi connectivity index (χ1) is 35.8. The van der Waals surface area contributed by atoms with Crippen LogP contribution >= 0.6 is 23.7 Å². The second kappa shape index (κ2) is 26.6. The molecule has 12 fully saturated rings. The Morgan fingerprint density at radius 3 is 1.55 bits per heavy atom. The molecule has 0 saturated carbocycles. The van der Waals surface area contributed by atoms with Gasteiger partial charge in [0, 0.05) is 37.2 Å². The lowest BCUT2D eigenvalue weighted by molar-refractivity contribution is -0.424. The molecule has 0 aromatic heterocycles. The lowest BCUT2D eigenvalue weighted by Crippen LogP contribution is -2.65. The number of fused-ring (bicyclic) bond motifs is 4. The van der Waals surface area contributed by atoms with Crippen LogP contribution in [0, 0.1) is 0 Å². The van der Waals surface area contributed by atoms with E-state index in [2.05, 4.69) is 4.72 Å². The molecule has 16 N–H and O–H groups in total. The Kier molecular flexibility index (Phi) is 21.5. The molecule has 0 aromatic rings. The van der Waals surface area contributed by atoms with Gasteiger partial charge in [-0.05, 0) is 12.8 Å². The van der Waals surface area contributed by atoms with Gasteiger partial charge in [0.25, 0.3) is 0 Å². The molecule has 30 nitrogen and oxygen atoms in total. The predicted molar refractivity (Wildman–Crippen MR) is 244 cm³/mol. The first-order valence-electron chi connectivity index (χ1n) is 24.9. The second-order valence-corrected chi connectivity index (χ2v) is 21.8. The Bertz CT molecular complexity index is 1760. The van der Waals surface area contributed by atoms with E-state index in [9.17, 15) is 76.6 Å². The Hall–Kier alpha value is -0.500. The summed E-state index contributed by atoms with van der Waals surface area (Å²) in [6, 6.07) is 0. The molecule has 0 aromatic carbocycles. The van der Waals surface area contributed by atoms with Crippen molar-refractivity contribution in [3.8, 4) is 0 Å². The molecule has 0 spiro atoms. The van der Waals surface area contributed by atoms with E-state index in [1.807, 2.05) is 0 Å². The molecule has 32 heteroatoms. The molecule has 12 aliphatic rings. The van der Waals surface area contributed by atoms with E-state index in [4.69, 9.17) is 66.3 Å². The maximum Gasteiger partial charge on any atom is 0.192 e. The molecule has 12 rings (SSSR count). The summed E-state index contributed by atoms with van der Waals surface area (Å²) in [7, 11) is 1.61. The molecule has 0 radical (unpaired) electrons. The van der Waals surface area contributed by atoms with Gasteiger partial charge in [-0.25, -0.2) is 0 Å². The Morgan fingerprint density at radius 2 is 0.933 bits per heavy atom. The van der Waals surface area contributed by atoms with E-state index in [0.717, 1.165) is 11.9 Å². The van der Waals surface area contributed by atoms with Crippen molar-refractivity contribution < 1.29 is 143 Å². The minimum absolute atomic E-state index is 0.0393. The second-order valence-electron chi connectivity index (χ2n) is 19.5. The van der Waals surface area contributed by atoms with E-state index in [0.29, 0.717) is 5.75 Å². The fourth-order valence-corrected chi connectivity index (χ4v) is 11.5. The zero-order valence-electron chi connectivity index (χ0n) is 40.8. The van der Waals surface area contributed by atoms with Crippen molar-refractivity contribution in [2.75, 3.05) is 50.7 Å². The van der Waals surface area contributed by atoms with E-state index in [1.165, 1.54) is 11.8 Å². The van der Waals surface area contributed by atoms with Crippen LogP contribution in [0.3, 0.4) is 0 Å². The molecule has 75 heavy (non-hydrogen) atoms. The SMILES string of the molecule is CCSCC12CC(O)C(O)C(OC3C(O)COC(CC3O)OC3CC(O)C(OC3CO)OC3C(CSNC)OC(OC4CC(O)C(OC4CO)OC4OC(OC5C(CO)OC(O1)C(O)C5O)C(O)C4O)C(O)C3O)O2. The maximum atomic E-state index is 11.6. The van der Waals surface area contributed by atoms with Crippen LogP contribution in [0.2, 0.25) is 0 Å². The molecular formula is C43H73NO29S2. The number of hydrogen-bond acceptors (Lipinski definition) is 32. The van der Waals surface area contributed by atoms with Crippen LogP contribution in [0.15, 0.2) is 0 Å². The van der Waals surface area contributed by atoms with Crippen molar-refractivity contribution >= 4 is 23.7 Å². The summed E-state index contributed by atoms with van der Waals surface area (Å²) < 4.78 is 86.3. The topological polar surface area (TPSA) is 445 Å². The standard InChI is InChI=1S/C43H73NO29S2/c1-3-74-13-43-7-17(51)26(53)41(72-43)67-33-14(48)6-25(60-11-18(33)52)61-19-4-15(49)36(63-21(19)8-45)68-35-24(12-75-44-2)66-38(29(56)27(35)54)62-20-5-16(50)37(64-22(20)9-46)70-40-32(59)31(58)39(71-40)69-34-23(10-47)65-42(73-43)30(57)28(34)55/h14-42,44-59H,3-13H2,1-2H3. The van der Waals surface area contributed by atoms with Crippen molar-refractivity contribution in [2.24, 2.45) is 0 Å². The lowest BCUT2D eigenvalue weighted by atomic mass is 9.97. The summed E-state index contributed by atoms with van der Waals surface area (Å²) in [5.41, 5.74) is 0. The summed E-state index contributed by atoms with van der Waals surface area (Å²) >= 11 is 2.34. The monoisotopic (exact) mass is 1130 g/mol. The third-order valence-corrected chi connectivity index (χ3v) is 16.1. The molecular weight excluding hydrogens is 1060 g/mol. The van der Waals surface area contributed by atoms with Crippen molar-refractivity contribution in [3.05, 3.63) is 0 Å². The van der Waals surface area contributed by atoms with Gasteiger partial charge in [-0.3, -0.25) is 4.72 Å². The van der Waals surface area contributed by atoms with Crippen LogP contribution in [0.4, 0.5) is 0 Å². The fourth-order valence-electron chi connectivity index (χ4n) is 10.1. The summed E-state index contributed by atoms with van der Waals surface area (Å²) in [5.74, 6) is -1.67. The van der Waals surface area contributed by atoms with Crippen LogP contribution in [-0.4, -0.2) is 312 Å².